The molecule has 0 fully saturated rings. The second-order valence-corrected chi connectivity index (χ2v) is 10.5. The maximum Gasteiger partial charge on any atom is 0.244 e. The SMILES string of the molecule is Cc1cccc(CN(C(=O)CN(c2cccc(F)c2)S(C)(=O)=O)[C@H](C)C(=O)NCC(C)C)c1. The highest BCUT2D eigenvalue weighted by Crippen LogP contribution is 2.20. The Bertz CT molecular complexity index is 1090. The van der Waals surface area contributed by atoms with E-state index in [-0.39, 0.29) is 24.1 Å². The smallest absolute Gasteiger partial charge is 0.244 e. The van der Waals surface area contributed by atoms with Crippen LogP contribution in [0, 0.1) is 18.7 Å². The number of hydrogen-bond acceptors (Lipinski definition) is 4. The molecule has 33 heavy (non-hydrogen) atoms. The zero-order valence-corrected chi connectivity index (χ0v) is 20.5. The molecule has 180 valence electrons. The zero-order chi connectivity index (χ0) is 24.8. The first-order chi connectivity index (χ1) is 15.4. The molecule has 0 unspecified atom stereocenters. The second-order valence-electron chi connectivity index (χ2n) is 8.58. The van der Waals surface area contributed by atoms with Gasteiger partial charge in [-0.2, -0.15) is 0 Å². The molecule has 9 heteroatoms. The average molecular weight is 478 g/mol. The van der Waals surface area contributed by atoms with Gasteiger partial charge in [-0.1, -0.05) is 49.7 Å². The number of carbonyl (C=O) groups excluding carboxylic acids is 2. The molecule has 1 atom stereocenters. The van der Waals surface area contributed by atoms with Crippen LogP contribution in [0.2, 0.25) is 0 Å². The van der Waals surface area contributed by atoms with E-state index in [9.17, 15) is 22.4 Å². The molecule has 0 saturated heterocycles. The summed E-state index contributed by atoms with van der Waals surface area (Å²) in [6, 6.07) is 11.7. The largest absolute Gasteiger partial charge is 0.354 e. The van der Waals surface area contributed by atoms with Gasteiger partial charge in [0.1, 0.15) is 18.4 Å². The van der Waals surface area contributed by atoms with Crippen LogP contribution in [0.4, 0.5) is 10.1 Å². The summed E-state index contributed by atoms with van der Waals surface area (Å²) in [4.78, 5) is 27.5. The van der Waals surface area contributed by atoms with Gasteiger partial charge in [0.15, 0.2) is 0 Å². The third-order valence-electron chi connectivity index (χ3n) is 5.06. The van der Waals surface area contributed by atoms with Gasteiger partial charge in [-0.3, -0.25) is 13.9 Å². The van der Waals surface area contributed by atoms with Crippen LogP contribution in [-0.2, 0) is 26.2 Å². The molecule has 0 aliphatic rings. The maximum absolute atomic E-state index is 13.8. The van der Waals surface area contributed by atoms with Gasteiger partial charge in [-0.15, -0.1) is 0 Å². The fourth-order valence-corrected chi connectivity index (χ4v) is 4.13. The lowest BCUT2D eigenvalue weighted by atomic mass is 10.1. The summed E-state index contributed by atoms with van der Waals surface area (Å²) in [5.74, 6) is -1.29. The molecule has 2 aromatic rings. The van der Waals surface area contributed by atoms with Crippen molar-refractivity contribution in [2.45, 2.75) is 40.3 Å². The minimum atomic E-state index is -3.89. The van der Waals surface area contributed by atoms with E-state index in [4.69, 9.17) is 0 Å². The van der Waals surface area contributed by atoms with Crippen LogP contribution in [-0.4, -0.2) is 50.5 Å². The van der Waals surface area contributed by atoms with Crippen molar-refractivity contribution in [1.82, 2.24) is 10.2 Å². The highest BCUT2D eigenvalue weighted by Gasteiger charge is 2.30. The molecule has 7 nitrogen and oxygen atoms in total. The first-order valence-corrected chi connectivity index (χ1v) is 12.6. The van der Waals surface area contributed by atoms with Gasteiger partial charge in [0.2, 0.25) is 21.8 Å². The number of nitrogens with one attached hydrogen (secondary N) is 1. The van der Waals surface area contributed by atoms with Gasteiger partial charge < -0.3 is 10.2 Å². The van der Waals surface area contributed by atoms with Crippen LogP contribution in [0.15, 0.2) is 48.5 Å². The third-order valence-corrected chi connectivity index (χ3v) is 6.20. The van der Waals surface area contributed by atoms with Gasteiger partial charge >= 0.3 is 0 Å². The molecule has 0 aliphatic heterocycles. The van der Waals surface area contributed by atoms with E-state index in [1.807, 2.05) is 45.0 Å². The molecule has 1 N–H and O–H groups in total. The summed E-state index contributed by atoms with van der Waals surface area (Å²) in [6.07, 6.45) is 0.953. The second kappa shape index (κ2) is 11.3. The number of rotatable bonds is 10. The standard InChI is InChI=1S/C24H32FN3O4S/c1-17(2)14-26-24(30)19(4)27(15-20-9-6-8-18(3)12-20)23(29)16-28(33(5,31)32)22-11-7-10-21(25)13-22/h6-13,17,19H,14-16H2,1-5H3,(H,26,30)/t19-/m1/s1. The number of halogens is 1. The number of aryl methyl sites for hydroxylation is 1. The Kier molecular flexibility index (Phi) is 8.99. The van der Waals surface area contributed by atoms with Crippen LogP contribution in [0.5, 0.6) is 0 Å². The summed E-state index contributed by atoms with van der Waals surface area (Å²) >= 11 is 0. The predicted molar refractivity (Wildman–Crippen MR) is 128 cm³/mol. The molecule has 0 aliphatic carbocycles. The van der Waals surface area contributed by atoms with E-state index < -0.39 is 34.3 Å². The molecular formula is C24H32FN3O4S. The highest BCUT2D eigenvalue weighted by molar-refractivity contribution is 7.92. The Morgan fingerprint density at radius 3 is 2.30 bits per heavy atom. The van der Waals surface area contributed by atoms with Crippen molar-refractivity contribution < 1.29 is 22.4 Å². The molecule has 0 bridgehead atoms. The maximum atomic E-state index is 13.8. The number of amides is 2. The first kappa shape index (κ1) is 26.3. The van der Waals surface area contributed by atoms with Crippen LogP contribution in [0.25, 0.3) is 0 Å². The van der Waals surface area contributed by atoms with Crippen molar-refractivity contribution >= 4 is 27.5 Å². The van der Waals surface area contributed by atoms with Crippen molar-refractivity contribution in [1.29, 1.82) is 0 Å². The van der Waals surface area contributed by atoms with Gasteiger partial charge in [-0.05, 0) is 43.5 Å². The van der Waals surface area contributed by atoms with Crippen LogP contribution >= 0.6 is 0 Å². The van der Waals surface area contributed by atoms with Crippen LogP contribution < -0.4 is 9.62 Å². The number of anilines is 1. The van der Waals surface area contributed by atoms with Crippen molar-refractivity contribution in [3.05, 3.63) is 65.5 Å². The van der Waals surface area contributed by atoms with Gasteiger partial charge in [0.05, 0.1) is 11.9 Å². The number of nitrogens with zero attached hydrogens (tertiary/aromatic N) is 2. The number of hydrogen-bond donors (Lipinski definition) is 1. The monoisotopic (exact) mass is 477 g/mol. The van der Waals surface area contributed by atoms with Crippen LogP contribution in [0.3, 0.4) is 0 Å². The summed E-state index contributed by atoms with van der Waals surface area (Å²) in [5, 5.41) is 2.82. The lowest BCUT2D eigenvalue weighted by Gasteiger charge is -2.31. The minimum absolute atomic E-state index is 0.0401. The highest BCUT2D eigenvalue weighted by atomic mass is 32.2. The lowest BCUT2D eigenvalue weighted by molar-refractivity contribution is -0.139. The molecule has 2 aromatic carbocycles. The predicted octanol–water partition coefficient (Wildman–Crippen LogP) is 3.09. The summed E-state index contributed by atoms with van der Waals surface area (Å²) < 4.78 is 39.5. The quantitative estimate of drug-likeness (QED) is 0.570. The summed E-state index contributed by atoms with van der Waals surface area (Å²) in [6.45, 7) is 7.47. The molecule has 2 rings (SSSR count). The van der Waals surface area contributed by atoms with Crippen LogP contribution in [0.1, 0.15) is 31.9 Å². The van der Waals surface area contributed by atoms with E-state index >= 15 is 0 Å². The van der Waals surface area contributed by atoms with Crippen molar-refractivity contribution in [3.8, 4) is 0 Å². The van der Waals surface area contributed by atoms with Crippen molar-refractivity contribution in [2.24, 2.45) is 5.92 Å². The molecule has 0 radical (unpaired) electrons. The Labute approximate surface area is 195 Å². The fraction of sp³-hybridized carbons (Fsp3) is 0.417. The van der Waals surface area contributed by atoms with Crippen molar-refractivity contribution in [2.75, 3.05) is 23.7 Å². The van der Waals surface area contributed by atoms with Gasteiger partial charge in [0, 0.05) is 13.1 Å². The number of benzene rings is 2. The molecule has 0 saturated carbocycles. The number of carbonyl (C=O) groups is 2. The Morgan fingerprint density at radius 2 is 1.73 bits per heavy atom. The van der Waals surface area contributed by atoms with E-state index in [1.54, 1.807) is 6.92 Å². The Morgan fingerprint density at radius 1 is 1.06 bits per heavy atom. The molecule has 0 spiro atoms. The van der Waals surface area contributed by atoms with Gasteiger partial charge in [-0.25, -0.2) is 12.8 Å². The topological polar surface area (TPSA) is 86.8 Å². The Balaban J connectivity index is 2.36. The first-order valence-electron chi connectivity index (χ1n) is 10.7. The zero-order valence-electron chi connectivity index (χ0n) is 19.7. The minimum Gasteiger partial charge on any atom is -0.354 e. The fourth-order valence-electron chi connectivity index (χ4n) is 3.29. The van der Waals surface area contributed by atoms with Gasteiger partial charge in [0.25, 0.3) is 0 Å². The average Bonchev–Trinajstić information content (AvgIpc) is 2.72. The van der Waals surface area contributed by atoms with E-state index in [0.717, 1.165) is 27.8 Å². The van der Waals surface area contributed by atoms with Crippen molar-refractivity contribution in [3.63, 3.8) is 0 Å². The van der Waals surface area contributed by atoms with E-state index in [0.29, 0.717) is 6.54 Å². The Hall–Kier alpha value is -2.94. The molecular weight excluding hydrogens is 445 g/mol. The lowest BCUT2D eigenvalue weighted by Crippen LogP contribution is -2.51. The molecule has 0 heterocycles. The molecule has 0 aromatic heterocycles. The summed E-state index contributed by atoms with van der Waals surface area (Å²) in [5.41, 5.74) is 1.84. The molecule has 2 amide bonds. The normalized spacial score (nSPS) is 12.3. The third kappa shape index (κ3) is 7.85. The summed E-state index contributed by atoms with van der Waals surface area (Å²) in [7, 11) is -3.89. The van der Waals surface area contributed by atoms with E-state index in [1.165, 1.54) is 23.1 Å². The number of sulfonamides is 1. The van der Waals surface area contributed by atoms with E-state index in [2.05, 4.69) is 5.32 Å².